The summed E-state index contributed by atoms with van der Waals surface area (Å²) in [5, 5.41) is 4.08. The summed E-state index contributed by atoms with van der Waals surface area (Å²) >= 11 is 0. The number of nitrogen functional groups attached to an aromatic ring is 2. The van der Waals surface area contributed by atoms with Gasteiger partial charge in [0.15, 0.2) is 5.82 Å². The fourth-order valence-corrected chi connectivity index (χ4v) is 3.35. The zero-order valence-corrected chi connectivity index (χ0v) is 16.4. The summed E-state index contributed by atoms with van der Waals surface area (Å²) in [6.45, 7) is 8.16. The van der Waals surface area contributed by atoms with E-state index >= 15 is 0 Å². The molecule has 0 radical (unpaired) electrons. The number of oxime groups is 1. The summed E-state index contributed by atoms with van der Waals surface area (Å²) in [4.78, 5) is 18.1. The molecule has 0 atom stereocenters. The van der Waals surface area contributed by atoms with Gasteiger partial charge in [0, 0.05) is 38.4 Å². The van der Waals surface area contributed by atoms with Gasteiger partial charge < -0.3 is 31.8 Å². The van der Waals surface area contributed by atoms with Crippen molar-refractivity contribution in [3.63, 3.8) is 0 Å². The lowest BCUT2D eigenvalue weighted by Crippen LogP contribution is -2.47. The lowest BCUT2D eigenvalue weighted by Gasteiger charge is -2.38. The van der Waals surface area contributed by atoms with Gasteiger partial charge in [-0.3, -0.25) is 0 Å². The molecular formula is C19H28N8O. The summed E-state index contributed by atoms with van der Waals surface area (Å²) in [6, 6.07) is 8.34. The van der Waals surface area contributed by atoms with Gasteiger partial charge in [0.25, 0.3) is 0 Å². The van der Waals surface area contributed by atoms with Crippen LogP contribution in [0.5, 0.6) is 0 Å². The van der Waals surface area contributed by atoms with Crippen LogP contribution in [0.3, 0.4) is 0 Å². The molecule has 9 nitrogen and oxygen atoms in total. The molecule has 1 aliphatic rings. The maximum Gasteiger partial charge on any atom is 0.222 e. The molecule has 1 aromatic heterocycles. The lowest BCUT2D eigenvalue weighted by molar-refractivity contribution is 0.152. The van der Waals surface area contributed by atoms with E-state index in [1.165, 1.54) is 5.69 Å². The van der Waals surface area contributed by atoms with Crippen LogP contribution in [0.1, 0.15) is 18.2 Å². The third-order valence-electron chi connectivity index (χ3n) is 4.76. The third-order valence-corrected chi connectivity index (χ3v) is 4.76. The Hall–Kier alpha value is -3.07. The molecule has 9 heteroatoms. The molecule has 1 aromatic carbocycles. The summed E-state index contributed by atoms with van der Waals surface area (Å²) in [6.07, 6.45) is 0. The molecule has 2 aromatic rings. The van der Waals surface area contributed by atoms with Gasteiger partial charge in [0.05, 0.1) is 11.4 Å². The third kappa shape index (κ3) is 4.42. The van der Waals surface area contributed by atoms with E-state index in [1.807, 2.05) is 13.8 Å². The highest BCUT2D eigenvalue weighted by Crippen LogP contribution is 2.27. The summed E-state index contributed by atoms with van der Waals surface area (Å²) in [7, 11) is 0. The van der Waals surface area contributed by atoms with E-state index in [0.717, 1.165) is 48.8 Å². The minimum absolute atomic E-state index is 0.213. The Morgan fingerprint density at radius 3 is 2.32 bits per heavy atom. The zero-order valence-electron chi connectivity index (χ0n) is 16.4. The van der Waals surface area contributed by atoms with E-state index in [9.17, 15) is 0 Å². The second-order valence-electron chi connectivity index (χ2n) is 6.72. The summed E-state index contributed by atoms with van der Waals surface area (Å²) in [5.74, 6) is 0.652. The molecule has 1 fully saturated rings. The minimum Gasteiger partial charge on any atom is -0.394 e. The number of aryl methyl sites for hydroxylation is 1. The first-order valence-electron chi connectivity index (χ1n) is 9.36. The van der Waals surface area contributed by atoms with Gasteiger partial charge >= 0.3 is 0 Å². The highest BCUT2D eigenvalue weighted by molar-refractivity contribution is 5.98. The predicted octanol–water partition coefficient (Wildman–Crippen LogP) is 0.975. The maximum absolute atomic E-state index is 6.07. The van der Waals surface area contributed by atoms with Crippen molar-refractivity contribution >= 4 is 28.9 Å². The van der Waals surface area contributed by atoms with Gasteiger partial charge in [0.2, 0.25) is 5.95 Å². The molecule has 2 heterocycles. The molecule has 1 aliphatic heterocycles. The van der Waals surface area contributed by atoms with Crippen molar-refractivity contribution in [3.8, 4) is 0 Å². The van der Waals surface area contributed by atoms with Crippen molar-refractivity contribution in [2.75, 3.05) is 60.6 Å². The number of hydrogen-bond acceptors (Lipinski definition) is 9. The number of anilines is 4. The summed E-state index contributed by atoms with van der Waals surface area (Å²) < 4.78 is 0. The molecule has 0 saturated carbocycles. The molecule has 6 N–H and O–H groups in total. The standard InChI is InChI=1S/C19H28N8O/c1-13(25-28-12-7-20)15-3-5-16(6-4-15)26-8-10-27(11-9-26)17-14(2)23-19(22)24-18(17)21/h3-6H,7-12,20H2,1-2H3,(H4,21,22,23,24). The predicted molar refractivity (Wildman–Crippen MR) is 114 cm³/mol. The van der Waals surface area contributed by atoms with Crippen LogP contribution in [-0.2, 0) is 4.84 Å². The van der Waals surface area contributed by atoms with E-state index in [2.05, 4.69) is 49.2 Å². The molecule has 0 unspecified atom stereocenters. The van der Waals surface area contributed by atoms with Gasteiger partial charge in [-0.1, -0.05) is 17.3 Å². The molecule has 0 aliphatic carbocycles. The fourth-order valence-electron chi connectivity index (χ4n) is 3.35. The van der Waals surface area contributed by atoms with Crippen LogP contribution in [0.4, 0.5) is 23.1 Å². The Balaban J connectivity index is 1.63. The average Bonchev–Trinajstić information content (AvgIpc) is 2.68. The molecule has 0 bridgehead atoms. The lowest BCUT2D eigenvalue weighted by atomic mass is 10.1. The molecule has 3 rings (SSSR count). The second-order valence-corrected chi connectivity index (χ2v) is 6.72. The number of piperazine rings is 1. The van der Waals surface area contributed by atoms with E-state index < -0.39 is 0 Å². The molecule has 28 heavy (non-hydrogen) atoms. The van der Waals surface area contributed by atoms with Crippen LogP contribution in [-0.4, -0.2) is 55.0 Å². The van der Waals surface area contributed by atoms with Crippen molar-refractivity contribution in [1.29, 1.82) is 0 Å². The number of nitrogens with zero attached hydrogens (tertiary/aromatic N) is 5. The van der Waals surface area contributed by atoms with Gasteiger partial charge in [-0.25, -0.2) is 4.98 Å². The van der Waals surface area contributed by atoms with Crippen molar-refractivity contribution in [3.05, 3.63) is 35.5 Å². The van der Waals surface area contributed by atoms with Crippen molar-refractivity contribution in [2.45, 2.75) is 13.8 Å². The topological polar surface area (TPSA) is 132 Å². The number of benzene rings is 1. The normalized spacial score (nSPS) is 15.0. The number of nitrogens with two attached hydrogens (primary N) is 3. The highest BCUT2D eigenvalue weighted by Gasteiger charge is 2.22. The SMILES string of the molecule is CC(=NOCCN)c1ccc(N2CCN(c3c(C)nc(N)nc3N)CC2)cc1. The minimum atomic E-state index is 0.213. The van der Waals surface area contributed by atoms with Crippen LogP contribution < -0.4 is 27.0 Å². The molecular weight excluding hydrogens is 356 g/mol. The van der Waals surface area contributed by atoms with Crippen LogP contribution >= 0.6 is 0 Å². The van der Waals surface area contributed by atoms with Crippen molar-refractivity contribution < 1.29 is 4.84 Å². The van der Waals surface area contributed by atoms with Crippen molar-refractivity contribution in [1.82, 2.24) is 9.97 Å². The Labute approximate surface area is 165 Å². The van der Waals surface area contributed by atoms with Crippen LogP contribution in [0.2, 0.25) is 0 Å². The number of hydrogen-bond donors (Lipinski definition) is 3. The monoisotopic (exact) mass is 384 g/mol. The Kier molecular flexibility index (Phi) is 6.15. The van der Waals surface area contributed by atoms with E-state index in [1.54, 1.807) is 0 Å². The molecule has 1 saturated heterocycles. The Morgan fingerprint density at radius 1 is 1.07 bits per heavy atom. The van der Waals surface area contributed by atoms with Crippen molar-refractivity contribution in [2.24, 2.45) is 10.9 Å². The maximum atomic E-state index is 6.07. The van der Waals surface area contributed by atoms with Crippen LogP contribution in [0.25, 0.3) is 0 Å². The first-order chi connectivity index (χ1) is 13.5. The van der Waals surface area contributed by atoms with E-state index in [0.29, 0.717) is 19.0 Å². The molecule has 150 valence electrons. The number of aromatic nitrogens is 2. The van der Waals surface area contributed by atoms with E-state index in [4.69, 9.17) is 22.0 Å². The quantitative estimate of drug-likeness (QED) is 0.381. The Morgan fingerprint density at radius 2 is 1.71 bits per heavy atom. The average molecular weight is 384 g/mol. The largest absolute Gasteiger partial charge is 0.394 e. The first-order valence-corrected chi connectivity index (χ1v) is 9.36. The van der Waals surface area contributed by atoms with Crippen LogP contribution in [0.15, 0.2) is 29.4 Å². The Bertz CT molecular complexity index is 805. The second kappa shape index (κ2) is 8.75. The fraction of sp³-hybridized carbons (Fsp3) is 0.421. The van der Waals surface area contributed by atoms with Gasteiger partial charge in [-0.15, -0.1) is 0 Å². The first kappa shape index (κ1) is 19.7. The molecule has 0 amide bonds. The zero-order chi connectivity index (χ0) is 20.1. The smallest absolute Gasteiger partial charge is 0.222 e. The van der Waals surface area contributed by atoms with E-state index in [-0.39, 0.29) is 5.95 Å². The van der Waals surface area contributed by atoms with Gasteiger partial charge in [0.1, 0.15) is 12.3 Å². The van der Waals surface area contributed by atoms with Gasteiger partial charge in [-0.2, -0.15) is 4.98 Å². The summed E-state index contributed by atoms with van der Waals surface area (Å²) in [5.41, 5.74) is 21.9. The number of rotatable bonds is 6. The molecule has 0 spiro atoms. The van der Waals surface area contributed by atoms with Gasteiger partial charge in [-0.05, 0) is 31.5 Å². The highest BCUT2D eigenvalue weighted by atomic mass is 16.6. The van der Waals surface area contributed by atoms with Crippen LogP contribution in [0, 0.1) is 6.92 Å².